The largest absolute Gasteiger partial charge is 0.437 e. The Kier molecular flexibility index (Phi) is 6.98. The van der Waals surface area contributed by atoms with Gasteiger partial charge in [0.05, 0.1) is 0 Å². The van der Waals surface area contributed by atoms with E-state index in [1.807, 2.05) is 4.72 Å². The van der Waals surface area contributed by atoms with Gasteiger partial charge in [0.1, 0.15) is 0 Å². The van der Waals surface area contributed by atoms with Crippen molar-refractivity contribution in [2.24, 2.45) is 11.8 Å². The summed E-state index contributed by atoms with van der Waals surface area (Å²) >= 11 is 0. The highest BCUT2D eigenvalue weighted by Crippen LogP contribution is 2.37. The summed E-state index contributed by atoms with van der Waals surface area (Å²) in [4.78, 5) is 41.0. The Morgan fingerprint density at radius 3 is 2.41 bits per heavy atom. The van der Waals surface area contributed by atoms with E-state index >= 15 is 0 Å². The van der Waals surface area contributed by atoms with Crippen molar-refractivity contribution < 1.29 is 27.2 Å². The maximum Gasteiger partial charge on any atom is 0.321 e. The molecule has 1 aliphatic carbocycles. The van der Waals surface area contributed by atoms with E-state index in [0.29, 0.717) is 43.3 Å². The number of urea groups is 1. The number of carbonyl (C=O) groups excluding carboxylic acids is 3. The van der Waals surface area contributed by atoms with E-state index in [4.69, 9.17) is 4.42 Å². The van der Waals surface area contributed by atoms with Gasteiger partial charge >= 0.3 is 6.03 Å². The Morgan fingerprint density at radius 1 is 1.03 bits per heavy atom. The van der Waals surface area contributed by atoms with Crippen molar-refractivity contribution in [3.63, 3.8) is 0 Å². The van der Waals surface area contributed by atoms with Crippen LogP contribution in [0.2, 0.25) is 0 Å². The number of amides is 4. The van der Waals surface area contributed by atoms with Crippen LogP contribution in [0.1, 0.15) is 65.0 Å². The number of benzene rings is 1. The predicted molar refractivity (Wildman–Crippen MR) is 136 cm³/mol. The third kappa shape index (κ3) is 5.22. The fraction of sp³-hybridized carbons (Fsp3) is 0.500. The van der Waals surface area contributed by atoms with Crippen LogP contribution in [-0.4, -0.2) is 57.3 Å². The minimum Gasteiger partial charge on any atom is -0.437 e. The standard InChI is InChI=1S/C26H32N4O6S/c1-17-15-22(36-23(17)25(32)29-12-9-19(10-13-29)18-5-2-3-6-18)37(34,35)28-24(31)20-7-4-8-21(16-20)30-14-11-27-26(30)33/h4,7-8,15-16,18-19H,2-3,5-6,9-14H2,1H3,(H,27,33)(H,28,31). The van der Waals surface area contributed by atoms with E-state index in [2.05, 4.69) is 5.32 Å². The summed E-state index contributed by atoms with van der Waals surface area (Å²) in [5, 5.41) is 2.19. The van der Waals surface area contributed by atoms with Crippen molar-refractivity contribution in [3.05, 3.63) is 47.2 Å². The lowest BCUT2D eigenvalue weighted by molar-refractivity contribution is 0.0621. The average molecular weight is 529 g/mol. The molecule has 3 fully saturated rings. The maximum atomic E-state index is 13.1. The molecule has 1 saturated carbocycles. The molecule has 0 bridgehead atoms. The lowest BCUT2D eigenvalue weighted by atomic mass is 9.83. The van der Waals surface area contributed by atoms with Gasteiger partial charge in [0.25, 0.3) is 21.8 Å². The van der Waals surface area contributed by atoms with E-state index in [-0.39, 0.29) is 23.3 Å². The van der Waals surface area contributed by atoms with Gasteiger partial charge in [-0.2, -0.15) is 8.42 Å². The van der Waals surface area contributed by atoms with Crippen LogP contribution in [0.4, 0.5) is 10.5 Å². The van der Waals surface area contributed by atoms with Crippen molar-refractivity contribution in [2.75, 3.05) is 31.1 Å². The molecule has 3 heterocycles. The Bertz CT molecular complexity index is 1310. The molecule has 2 aliphatic heterocycles. The first-order valence-electron chi connectivity index (χ1n) is 12.9. The second-order valence-corrected chi connectivity index (χ2v) is 11.7. The number of hydrogen-bond donors (Lipinski definition) is 2. The molecular formula is C26H32N4O6S. The summed E-state index contributed by atoms with van der Waals surface area (Å²) in [7, 11) is -4.37. The fourth-order valence-corrected chi connectivity index (χ4v) is 6.70. The first-order chi connectivity index (χ1) is 17.7. The molecule has 4 amide bonds. The van der Waals surface area contributed by atoms with Crippen LogP contribution in [0.3, 0.4) is 0 Å². The van der Waals surface area contributed by atoms with E-state index < -0.39 is 21.0 Å². The van der Waals surface area contributed by atoms with Gasteiger partial charge < -0.3 is 14.6 Å². The highest BCUT2D eigenvalue weighted by Gasteiger charge is 2.33. The number of piperidine rings is 1. The Morgan fingerprint density at radius 2 is 1.73 bits per heavy atom. The Labute approximate surface area is 216 Å². The molecule has 10 nitrogen and oxygen atoms in total. The minimum absolute atomic E-state index is 0.0193. The average Bonchev–Trinajstić information content (AvgIpc) is 3.65. The number of furan rings is 1. The van der Waals surface area contributed by atoms with E-state index in [1.165, 1.54) is 48.8 Å². The van der Waals surface area contributed by atoms with Gasteiger partial charge in [-0.05, 0) is 49.8 Å². The second kappa shape index (κ2) is 10.2. The summed E-state index contributed by atoms with van der Waals surface area (Å²) in [6.45, 7) is 3.81. The lowest BCUT2D eigenvalue weighted by Crippen LogP contribution is -2.40. The monoisotopic (exact) mass is 528 g/mol. The number of carbonyl (C=O) groups is 3. The molecule has 2 N–H and O–H groups in total. The number of nitrogens with one attached hydrogen (secondary N) is 2. The molecule has 1 aromatic heterocycles. The van der Waals surface area contributed by atoms with Crippen LogP contribution in [0, 0.1) is 18.8 Å². The van der Waals surface area contributed by atoms with Crippen molar-refractivity contribution in [1.29, 1.82) is 0 Å². The number of aryl methyl sites for hydroxylation is 1. The fourth-order valence-electron chi connectivity index (χ4n) is 5.71. The van der Waals surface area contributed by atoms with Crippen molar-refractivity contribution in [2.45, 2.75) is 50.5 Å². The molecule has 0 spiro atoms. The molecule has 0 radical (unpaired) electrons. The molecule has 0 unspecified atom stereocenters. The summed E-state index contributed by atoms with van der Waals surface area (Å²) in [6, 6.07) is 7.13. The molecule has 2 aromatic rings. The van der Waals surface area contributed by atoms with Gasteiger partial charge in [-0.1, -0.05) is 31.7 Å². The van der Waals surface area contributed by atoms with E-state index in [9.17, 15) is 22.8 Å². The summed E-state index contributed by atoms with van der Waals surface area (Å²) in [5.41, 5.74) is 0.960. The highest BCUT2D eigenvalue weighted by molar-refractivity contribution is 7.90. The number of rotatable bonds is 6. The van der Waals surface area contributed by atoms with Crippen LogP contribution < -0.4 is 14.9 Å². The SMILES string of the molecule is Cc1cc(S(=O)(=O)NC(=O)c2cccc(N3CCNC3=O)c2)oc1C(=O)N1CCC(C2CCCC2)CC1. The zero-order valence-corrected chi connectivity index (χ0v) is 21.7. The van der Waals surface area contributed by atoms with Crippen molar-refractivity contribution in [3.8, 4) is 0 Å². The second-order valence-electron chi connectivity index (χ2n) is 10.1. The van der Waals surface area contributed by atoms with Gasteiger partial charge in [-0.15, -0.1) is 0 Å². The van der Waals surface area contributed by atoms with Gasteiger partial charge in [-0.25, -0.2) is 9.52 Å². The van der Waals surface area contributed by atoms with Crippen LogP contribution >= 0.6 is 0 Å². The van der Waals surface area contributed by atoms with Gasteiger partial charge in [0, 0.05) is 49.1 Å². The molecule has 3 aliphatic rings. The third-order valence-corrected chi connectivity index (χ3v) is 8.94. The zero-order chi connectivity index (χ0) is 26.2. The maximum absolute atomic E-state index is 13.1. The highest BCUT2D eigenvalue weighted by atomic mass is 32.2. The summed E-state index contributed by atoms with van der Waals surface area (Å²) in [6.07, 6.45) is 7.06. The Balaban J connectivity index is 1.25. The number of sulfonamides is 1. The summed E-state index contributed by atoms with van der Waals surface area (Å²) < 4.78 is 33.4. The molecule has 37 heavy (non-hydrogen) atoms. The van der Waals surface area contributed by atoms with Gasteiger partial charge in [-0.3, -0.25) is 14.5 Å². The van der Waals surface area contributed by atoms with Crippen molar-refractivity contribution in [1.82, 2.24) is 14.9 Å². The number of nitrogens with zero attached hydrogens (tertiary/aromatic N) is 2. The van der Waals surface area contributed by atoms with Crippen LogP contribution in [0.5, 0.6) is 0 Å². The van der Waals surface area contributed by atoms with E-state index in [0.717, 1.165) is 18.8 Å². The molecule has 5 rings (SSSR count). The normalized spacial score (nSPS) is 19.3. The lowest BCUT2D eigenvalue weighted by Gasteiger charge is -2.34. The van der Waals surface area contributed by atoms with E-state index in [1.54, 1.807) is 24.0 Å². The minimum atomic E-state index is -4.37. The molecule has 1 aromatic carbocycles. The smallest absolute Gasteiger partial charge is 0.321 e. The Hall–Kier alpha value is -3.34. The number of hydrogen-bond acceptors (Lipinski definition) is 6. The van der Waals surface area contributed by atoms with Gasteiger partial charge in [0.2, 0.25) is 5.09 Å². The van der Waals surface area contributed by atoms with Crippen molar-refractivity contribution >= 4 is 33.6 Å². The quantitative estimate of drug-likeness (QED) is 0.592. The van der Waals surface area contributed by atoms with Crippen LogP contribution in [0.15, 0.2) is 39.8 Å². The molecule has 2 saturated heterocycles. The first kappa shape index (κ1) is 25.3. The van der Waals surface area contributed by atoms with Crippen LogP contribution in [-0.2, 0) is 10.0 Å². The molecule has 11 heteroatoms. The molecule has 198 valence electrons. The molecular weight excluding hydrogens is 496 g/mol. The molecule has 0 atom stereocenters. The number of likely N-dealkylation sites (tertiary alicyclic amines) is 1. The third-order valence-electron chi connectivity index (χ3n) is 7.75. The zero-order valence-electron chi connectivity index (χ0n) is 20.9. The number of anilines is 1. The van der Waals surface area contributed by atoms with Crippen LogP contribution in [0.25, 0.3) is 0 Å². The van der Waals surface area contributed by atoms with Gasteiger partial charge in [0.15, 0.2) is 5.76 Å². The topological polar surface area (TPSA) is 129 Å². The summed E-state index contributed by atoms with van der Waals surface area (Å²) in [5.74, 6) is 0.197. The first-order valence-corrected chi connectivity index (χ1v) is 14.3. The predicted octanol–water partition coefficient (Wildman–Crippen LogP) is 3.28.